The van der Waals surface area contributed by atoms with Crippen LogP contribution in [0.2, 0.25) is 0 Å². The Kier molecular flexibility index (Phi) is 4.00. The maximum atomic E-state index is 6.37. The number of hydrogen-bond donors (Lipinski definition) is 1. The Morgan fingerprint density at radius 3 is 2.67 bits per heavy atom. The molecule has 0 aromatic heterocycles. The van der Waals surface area contributed by atoms with E-state index in [1.807, 2.05) is 0 Å². The van der Waals surface area contributed by atoms with E-state index in [0.717, 1.165) is 24.9 Å². The Balaban J connectivity index is 2.01. The minimum Gasteiger partial charge on any atom is -0.364 e. The highest BCUT2D eigenvalue weighted by Crippen LogP contribution is 2.45. The zero-order valence-corrected chi connectivity index (χ0v) is 13.8. The molecular formula is C19H30N2. The number of fused-ring (bicyclic) bond motifs is 1. The molecule has 0 spiro atoms. The van der Waals surface area contributed by atoms with Gasteiger partial charge in [0.25, 0.3) is 0 Å². The summed E-state index contributed by atoms with van der Waals surface area (Å²) in [6, 6.07) is 8.97. The molecule has 4 unspecified atom stereocenters. The van der Waals surface area contributed by atoms with Crippen LogP contribution in [0.3, 0.4) is 0 Å². The predicted octanol–water partition coefficient (Wildman–Crippen LogP) is 3.84. The van der Waals surface area contributed by atoms with Gasteiger partial charge in [-0.25, -0.2) is 0 Å². The van der Waals surface area contributed by atoms with E-state index in [0.29, 0.717) is 5.92 Å². The van der Waals surface area contributed by atoms with Crippen LogP contribution in [-0.2, 0) is 6.42 Å². The molecule has 1 aromatic carbocycles. The monoisotopic (exact) mass is 286 g/mol. The molecule has 0 amide bonds. The molecule has 1 heterocycles. The van der Waals surface area contributed by atoms with Gasteiger partial charge in [0.1, 0.15) is 0 Å². The van der Waals surface area contributed by atoms with E-state index >= 15 is 0 Å². The van der Waals surface area contributed by atoms with Gasteiger partial charge in [0.2, 0.25) is 0 Å². The molecular weight excluding hydrogens is 256 g/mol. The van der Waals surface area contributed by atoms with Crippen LogP contribution < -0.4 is 10.6 Å². The summed E-state index contributed by atoms with van der Waals surface area (Å²) in [5, 5.41) is 0. The molecule has 4 atom stereocenters. The van der Waals surface area contributed by atoms with Crippen molar-refractivity contribution in [2.75, 3.05) is 18.0 Å². The fourth-order valence-corrected chi connectivity index (χ4v) is 4.72. The highest BCUT2D eigenvalue weighted by Gasteiger charge is 2.45. The maximum Gasteiger partial charge on any atom is 0.0550 e. The molecule has 1 aliphatic heterocycles. The Labute approximate surface area is 129 Å². The van der Waals surface area contributed by atoms with Gasteiger partial charge in [-0.2, -0.15) is 0 Å². The molecule has 1 aliphatic carbocycles. The Morgan fingerprint density at radius 2 is 1.95 bits per heavy atom. The van der Waals surface area contributed by atoms with Crippen molar-refractivity contribution in [2.45, 2.75) is 52.0 Å². The quantitative estimate of drug-likeness (QED) is 0.895. The minimum atomic E-state index is 0.164. The summed E-state index contributed by atoms with van der Waals surface area (Å²) >= 11 is 0. The smallest absolute Gasteiger partial charge is 0.0550 e. The molecule has 1 saturated carbocycles. The second kappa shape index (κ2) is 5.64. The summed E-state index contributed by atoms with van der Waals surface area (Å²) in [4.78, 5) is 2.69. The standard InChI is InChI=1S/C19H30N2/c1-14-8-9-19(13-20,16(3)10-14)21-12-15(2)11-17-6-4-5-7-18(17)21/h4-7,14-16H,8-13,20H2,1-3H3. The number of anilines is 1. The number of para-hydroxylation sites is 1. The molecule has 3 rings (SSSR count). The lowest BCUT2D eigenvalue weighted by molar-refractivity contribution is 0.152. The van der Waals surface area contributed by atoms with E-state index in [2.05, 4.69) is 49.9 Å². The van der Waals surface area contributed by atoms with E-state index in [9.17, 15) is 0 Å². The fourth-order valence-electron chi connectivity index (χ4n) is 4.72. The minimum absolute atomic E-state index is 0.164. The molecule has 1 fully saturated rings. The van der Waals surface area contributed by atoms with Gasteiger partial charge in [0, 0.05) is 18.8 Å². The first-order chi connectivity index (χ1) is 10.1. The number of nitrogens with two attached hydrogens (primary N) is 1. The van der Waals surface area contributed by atoms with Crippen LogP contribution in [-0.4, -0.2) is 18.6 Å². The lowest BCUT2D eigenvalue weighted by atomic mass is 9.68. The fraction of sp³-hybridized carbons (Fsp3) is 0.684. The lowest BCUT2D eigenvalue weighted by Gasteiger charge is -2.55. The highest BCUT2D eigenvalue weighted by atomic mass is 15.2. The largest absolute Gasteiger partial charge is 0.364 e. The SMILES string of the molecule is CC1CCC(CN)(N2CC(C)Cc3ccccc32)C(C)C1. The van der Waals surface area contributed by atoms with Crippen molar-refractivity contribution in [3.8, 4) is 0 Å². The van der Waals surface area contributed by atoms with Crippen molar-refractivity contribution in [1.82, 2.24) is 0 Å². The average molecular weight is 286 g/mol. The predicted molar refractivity (Wildman–Crippen MR) is 90.6 cm³/mol. The second-order valence-electron chi connectivity index (χ2n) is 7.64. The third-order valence-electron chi connectivity index (χ3n) is 5.98. The molecule has 2 heteroatoms. The molecule has 0 bridgehead atoms. The second-order valence-corrected chi connectivity index (χ2v) is 7.64. The van der Waals surface area contributed by atoms with Gasteiger partial charge in [-0.1, -0.05) is 39.0 Å². The molecule has 0 saturated heterocycles. The number of nitrogens with zero attached hydrogens (tertiary/aromatic N) is 1. The van der Waals surface area contributed by atoms with Crippen LogP contribution >= 0.6 is 0 Å². The Bertz CT molecular complexity index is 498. The van der Waals surface area contributed by atoms with Gasteiger partial charge in [-0.05, 0) is 55.1 Å². The van der Waals surface area contributed by atoms with Crippen molar-refractivity contribution >= 4 is 5.69 Å². The van der Waals surface area contributed by atoms with Crippen molar-refractivity contribution in [3.05, 3.63) is 29.8 Å². The first-order valence-electron chi connectivity index (χ1n) is 8.62. The average Bonchev–Trinajstić information content (AvgIpc) is 2.47. The number of hydrogen-bond acceptors (Lipinski definition) is 2. The molecule has 1 aromatic rings. The molecule has 116 valence electrons. The van der Waals surface area contributed by atoms with Gasteiger partial charge < -0.3 is 10.6 Å². The van der Waals surface area contributed by atoms with E-state index in [1.165, 1.54) is 36.9 Å². The van der Waals surface area contributed by atoms with E-state index < -0.39 is 0 Å². The van der Waals surface area contributed by atoms with Crippen LogP contribution in [0.4, 0.5) is 5.69 Å². The third kappa shape index (κ3) is 2.48. The lowest BCUT2D eigenvalue weighted by Crippen LogP contribution is -2.62. The molecule has 0 radical (unpaired) electrons. The molecule has 2 nitrogen and oxygen atoms in total. The van der Waals surface area contributed by atoms with Crippen LogP contribution in [0, 0.1) is 17.8 Å². The van der Waals surface area contributed by atoms with Gasteiger partial charge in [-0.15, -0.1) is 0 Å². The first kappa shape index (κ1) is 14.9. The summed E-state index contributed by atoms with van der Waals surface area (Å²) in [6.07, 6.45) is 5.07. The van der Waals surface area contributed by atoms with Crippen LogP contribution in [0.25, 0.3) is 0 Å². The highest BCUT2D eigenvalue weighted by molar-refractivity contribution is 5.58. The zero-order chi connectivity index (χ0) is 15.0. The summed E-state index contributed by atoms with van der Waals surface area (Å²) in [7, 11) is 0. The van der Waals surface area contributed by atoms with Crippen LogP contribution in [0.1, 0.15) is 45.6 Å². The van der Waals surface area contributed by atoms with Crippen molar-refractivity contribution in [1.29, 1.82) is 0 Å². The van der Waals surface area contributed by atoms with Gasteiger partial charge >= 0.3 is 0 Å². The van der Waals surface area contributed by atoms with Crippen molar-refractivity contribution in [2.24, 2.45) is 23.5 Å². The summed E-state index contributed by atoms with van der Waals surface area (Å²) < 4.78 is 0. The van der Waals surface area contributed by atoms with E-state index in [1.54, 1.807) is 0 Å². The number of benzene rings is 1. The maximum absolute atomic E-state index is 6.37. The Hall–Kier alpha value is -1.02. The molecule has 21 heavy (non-hydrogen) atoms. The van der Waals surface area contributed by atoms with Gasteiger partial charge in [0.05, 0.1) is 5.54 Å². The van der Waals surface area contributed by atoms with Crippen molar-refractivity contribution in [3.63, 3.8) is 0 Å². The van der Waals surface area contributed by atoms with Crippen LogP contribution in [0.5, 0.6) is 0 Å². The zero-order valence-electron chi connectivity index (χ0n) is 13.8. The first-order valence-corrected chi connectivity index (χ1v) is 8.62. The van der Waals surface area contributed by atoms with E-state index in [-0.39, 0.29) is 5.54 Å². The van der Waals surface area contributed by atoms with Gasteiger partial charge in [0.15, 0.2) is 0 Å². The topological polar surface area (TPSA) is 29.3 Å². The number of rotatable bonds is 2. The third-order valence-corrected chi connectivity index (χ3v) is 5.98. The molecule has 2 aliphatic rings. The molecule has 2 N–H and O–H groups in total. The summed E-state index contributed by atoms with van der Waals surface area (Å²) in [5.74, 6) is 2.23. The van der Waals surface area contributed by atoms with E-state index in [4.69, 9.17) is 5.73 Å². The Morgan fingerprint density at radius 1 is 1.19 bits per heavy atom. The van der Waals surface area contributed by atoms with Gasteiger partial charge in [-0.3, -0.25) is 0 Å². The van der Waals surface area contributed by atoms with Crippen molar-refractivity contribution < 1.29 is 0 Å². The summed E-state index contributed by atoms with van der Waals surface area (Å²) in [6.45, 7) is 9.13. The summed E-state index contributed by atoms with van der Waals surface area (Å²) in [5.41, 5.74) is 9.49. The normalized spacial score (nSPS) is 36.4. The van der Waals surface area contributed by atoms with Crippen LogP contribution in [0.15, 0.2) is 24.3 Å².